The van der Waals surface area contributed by atoms with Crippen LogP contribution in [0.25, 0.3) is 0 Å². The molecule has 0 unspecified atom stereocenters. The first-order valence-electron chi connectivity index (χ1n) is 21.3. The van der Waals surface area contributed by atoms with Gasteiger partial charge in [0.2, 0.25) is 53.2 Å². The molecule has 0 bridgehead atoms. The molecule has 19 N–H and O–H groups in total. The first-order valence-corrected chi connectivity index (χ1v) is 21.3. The van der Waals surface area contributed by atoms with Crippen molar-refractivity contribution in [1.82, 2.24) is 47.9 Å². The Morgan fingerprint density at radius 2 is 0.806 bits per heavy atom. The first-order chi connectivity index (χ1) is 33.9. The Morgan fingerprint density at radius 1 is 0.444 bits per heavy atom. The molecule has 30 heteroatoms. The van der Waals surface area contributed by atoms with Gasteiger partial charge < -0.3 is 94.4 Å². The standard InChI is InChI=1S/C42H56N10O20/c1-19(46-36(65)24(43)12-33(60)61)35(64)49-26(13-34(62)63)40(69)50-25(10-20-2-6-22(56)7-3-20)39(68)52-30(18-55)41(70)51-29(17-54)38(67)45-15-32(59)48-28(16-53)37(66)44-14-31(58)47-27(42(71)72)11-21-4-8-23(57)9-5-21/h2-9,19,24-30,53-57H,10-18,43H2,1H3,(H,44,66)(H,45,67)(H,46,65)(H,47,58)(H,48,59)(H,49,64)(H,50,69)(H,51,70)(H,52,68)(H,60,61)(H,62,63)(H,71,72)/t19-,24-,25-,26-,27-,28-,29-,30-/m0/s1. The second kappa shape index (κ2) is 29.5. The predicted molar refractivity (Wildman–Crippen MR) is 240 cm³/mol. The maximum atomic E-state index is 13.7. The van der Waals surface area contributed by atoms with Crippen LogP contribution in [0.15, 0.2) is 48.5 Å². The molecule has 2 aromatic carbocycles. The van der Waals surface area contributed by atoms with Gasteiger partial charge in [0, 0.05) is 12.8 Å². The molecule has 0 heterocycles. The summed E-state index contributed by atoms with van der Waals surface area (Å²) in [7, 11) is 0. The average Bonchev–Trinajstić information content (AvgIpc) is 3.32. The van der Waals surface area contributed by atoms with Gasteiger partial charge in [0.05, 0.1) is 51.8 Å². The molecule has 394 valence electrons. The van der Waals surface area contributed by atoms with Gasteiger partial charge in [-0.1, -0.05) is 24.3 Å². The number of carbonyl (C=O) groups is 12. The largest absolute Gasteiger partial charge is 0.508 e. The molecule has 0 spiro atoms. The van der Waals surface area contributed by atoms with E-state index in [0.29, 0.717) is 5.56 Å². The van der Waals surface area contributed by atoms with Crippen molar-refractivity contribution in [2.75, 3.05) is 32.9 Å². The van der Waals surface area contributed by atoms with Crippen LogP contribution in [0.4, 0.5) is 0 Å². The minimum atomic E-state index is -1.94. The zero-order valence-electron chi connectivity index (χ0n) is 38.2. The summed E-state index contributed by atoms with van der Waals surface area (Å²) in [6.45, 7) is -3.97. The summed E-state index contributed by atoms with van der Waals surface area (Å²) in [6, 6.07) is -3.17. The molecule has 0 aliphatic carbocycles. The Hall–Kier alpha value is -8.48. The highest BCUT2D eigenvalue weighted by atomic mass is 16.4. The highest BCUT2D eigenvalue weighted by Gasteiger charge is 2.34. The van der Waals surface area contributed by atoms with Gasteiger partial charge in [0.25, 0.3) is 0 Å². The maximum absolute atomic E-state index is 13.7. The number of aliphatic hydroxyl groups is 3. The van der Waals surface area contributed by atoms with Crippen LogP contribution >= 0.6 is 0 Å². The average molecular weight is 1020 g/mol. The lowest BCUT2D eigenvalue weighted by Crippen LogP contribution is -2.61. The lowest BCUT2D eigenvalue weighted by Gasteiger charge is -2.26. The minimum absolute atomic E-state index is 0.0731. The maximum Gasteiger partial charge on any atom is 0.326 e. The third kappa shape index (κ3) is 21.0. The number of amides is 9. The summed E-state index contributed by atoms with van der Waals surface area (Å²) in [4.78, 5) is 150. The SMILES string of the molecule is C[C@H](NC(=O)[C@@H](N)CC(=O)O)C(=O)N[C@@H](CC(=O)O)C(=O)N[C@@H](Cc1ccc(O)cc1)C(=O)N[C@@H](CO)C(=O)N[C@@H](CO)C(=O)NCC(=O)N[C@@H](CO)C(=O)NCC(=O)N[C@@H](Cc1ccc(O)cc1)C(=O)O. The second-order valence-corrected chi connectivity index (χ2v) is 15.6. The molecule has 2 aromatic rings. The molecular formula is C42H56N10O20. The molecule has 0 radical (unpaired) electrons. The number of hydrogen-bond acceptors (Lipinski definition) is 18. The number of aliphatic hydroxyl groups excluding tert-OH is 3. The van der Waals surface area contributed by atoms with E-state index in [1.165, 1.54) is 48.5 Å². The van der Waals surface area contributed by atoms with Crippen molar-refractivity contribution < 1.29 is 98.4 Å². The number of rotatable bonds is 30. The number of benzene rings is 2. The van der Waals surface area contributed by atoms with Crippen LogP contribution < -0.4 is 53.6 Å². The van der Waals surface area contributed by atoms with Crippen molar-refractivity contribution >= 4 is 71.1 Å². The number of carbonyl (C=O) groups excluding carboxylic acids is 9. The number of nitrogens with two attached hydrogens (primary N) is 1. The van der Waals surface area contributed by atoms with Crippen molar-refractivity contribution in [2.45, 2.75) is 80.9 Å². The number of carboxylic acid groups (broad SMARTS) is 3. The van der Waals surface area contributed by atoms with Crippen molar-refractivity contribution in [2.24, 2.45) is 5.73 Å². The Labute approximate surface area is 407 Å². The molecule has 8 atom stereocenters. The number of aliphatic carboxylic acids is 3. The van der Waals surface area contributed by atoms with E-state index in [2.05, 4.69) is 37.2 Å². The fourth-order valence-corrected chi connectivity index (χ4v) is 5.96. The third-order valence-corrected chi connectivity index (χ3v) is 9.83. The third-order valence-electron chi connectivity index (χ3n) is 9.83. The van der Waals surface area contributed by atoms with E-state index in [4.69, 9.17) is 10.8 Å². The van der Waals surface area contributed by atoms with Crippen LogP contribution in [-0.2, 0) is 70.4 Å². The molecule has 72 heavy (non-hydrogen) atoms. The summed E-state index contributed by atoms with van der Waals surface area (Å²) in [5.74, 6) is -15.2. The quantitative estimate of drug-likeness (QED) is 0.0345. The van der Waals surface area contributed by atoms with Crippen LogP contribution in [0.2, 0.25) is 0 Å². The van der Waals surface area contributed by atoms with Crippen LogP contribution in [-0.4, -0.2) is 193 Å². The summed E-state index contributed by atoms with van der Waals surface area (Å²) in [5, 5.41) is 95.6. The van der Waals surface area contributed by atoms with Crippen molar-refractivity contribution in [3.63, 3.8) is 0 Å². The molecule has 0 aliphatic rings. The lowest BCUT2D eigenvalue weighted by atomic mass is 10.0. The van der Waals surface area contributed by atoms with E-state index in [1.54, 1.807) is 0 Å². The fraction of sp³-hybridized carbons (Fsp3) is 0.429. The van der Waals surface area contributed by atoms with Crippen LogP contribution in [0.3, 0.4) is 0 Å². The van der Waals surface area contributed by atoms with Gasteiger partial charge in [-0.2, -0.15) is 0 Å². The van der Waals surface area contributed by atoms with E-state index in [0.717, 1.165) is 6.92 Å². The monoisotopic (exact) mass is 1020 g/mol. The van der Waals surface area contributed by atoms with E-state index in [-0.39, 0.29) is 23.5 Å². The van der Waals surface area contributed by atoms with E-state index >= 15 is 0 Å². The molecule has 0 saturated carbocycles. The second-order valence-electron chi connectivity index (χ2n) is 15.6. The first kappa shape index (κ1) is 59.6. The molecule has 9 amide bonds. The topological polar surface area (TPSA) is 501 Å². The lowest BCUT2D eigenvalue weighted by molar-refractivity contribution is -0.142. The summed E-state index contributed by atoms with van der Waals surface area (Å²) in [5.41, 5.74) is 6.20. The Bertz CT molecular complexity index is 2280. The smallest absolute Gasteiger partial charge is 0.326 e. The number of aromatic hydroxyl groups is 2. The van der Waals surface area contributed by atoms with E-state index in [9.17, 15) is 93.3 Å². The van der Waals surface area contributed by atoms with Gasteiger partial charge in [-0.15, -0.1) is 0 Å². The molecule has 2 rings (SSSR count). The summed E-state index contributed by atoms with van der Waals surface area (Å²) >= 11 is 0. The molecular weight excluding hydrogens is 965 g/mol. The molecule has 30 nitrogen and oxygen atoms in total. The number of nitrogens with one attached hydrogen (secondary N) is 9. The van der Waals surface area contributed by atoms with E-state index < -0.39 is 172 Å². The zero-order valence-corrected chi connectivity index (χ0v) is 38.2. The molecule has 0 aliphatic heterocycles. The van der Waals surface area contributed by atoms with Gasteiger partial charge >= 0.3 is 17.9 Å². The summed E-state index contributed by atoms with van der Waals surface area (Å²) < 4.78 is 0. The number of phenolic OH excluding ortho intramolecular Hbond substituents is 2. The van der Waals surface area contributed by atoms with E-state index in [1.807, 2.05) is 10.6 Å². The highest BCUT2D eigenvalue weighted by Crippen LogP contribution is 2.13. The Kier molecular flexibility index (Phi) is 24.5. The van der Waals surface area contributed by atoms with Gasteiger partial charge in [-0.25, -0.2) is 4.79 Å². The van der Waals surface area contributed by atoms with Gasteiger partial charge in [0.1, 0.15) is 53.8 Å². The molecule has 0 fully saturated rings. The Balaban J connectivity index is 2.08. The Morgan fingerprint density at radius 3 is 1.24 bits per heavy atom. The number of phenols is 2. The van der Waals surface area contributed by atoms with Gasteiger partial charge in [0.15, 0.2) is 0 Å². The van der Waals surface area contributed by atoms with Crippen molar-refractivity contribution in [1.29, 1.82) is 0 Å². The zero-order chi connectivity index (χ0) is 54.2. The van der Waals surface area contributed by atoms with Crippen molar-refractivity contribution in [3.8, 4) is 11.5 Å². The van der Waals surface area contributed by atoms with Crippen LogP contribution in [0.5, 0.6) is 11.5 Å². The number of hydrogen-bond donors (Lipinski definition) is 18. The molecule has 0 aromatic heterocycles. The summed E-state index contributed by atoms with van der Waals surface area (Å²) in [6.07, 6.45) is -2.51. The van der Waals surface area contributed by atoms with Crippen LogP contribution in [0, 0.1) is 0 Å². The highest BCUT2D eigenvalue weighted by molar-refractivity contribution is 5.98. The van der Waals surface area contributed by atoms with Crippen LogP contribution in [0.1, 0.15) is 30.9 Å². The van der Waals surface area contributed by atoms with Gasteiger partial charge in [-0.05, 0) is 42.3 Å². The minimum Gasteiger partial charge on any atom is -0.508 e. The fourth-order valence-electron chi connectivity index (χ4n) is 5.96. The number of carboxylic acids is 3. The van der Waals surface area contributed by atoms with Gasteiger partial charge in [-0.3, -0.25) is 52.7 Å². The molecule has 0 saturated heterocycles. The van der Waals surface area contributed by atoms with Crippen molar-refractivity contribution in [3.05, 3.63) is 59.7 Å². The normalized spacial score (nSPS) is 14.1. The predicted octanol–water partition coefficient (Wildman–Crippen LogP) is -8.13.